The molecule has 1 aromatic heterocycles. The van der Waals surface area contributed by atoms with E-state index in [1.54, 1.807) is 12.1 Å². The summed E-state index contributed by atoms with van der Waals surface area (Å²) in [7, 11) is 0. The minimum atomic E-state index is -1.76. The summed E-state index contributed by atoms with van der Waals surface area (Å²) in [6.45, 7) is 15.0. The summed E-state index contributed by atoms with van der Waals surface area (Å²) >= 11 is 0. The van der Waals surface area contributed by atoms with E-state index in [1.165, 1.54) is 55.4 Å². The van der Waals surface area contributed by atoms with E-state index in [0.717, 1.165) is 5.56 Å². The third kappa shape index (κ3) is 16.4. The highest BCUT2D eigenvalue weighted by atomic mass is 16.7. The van der Waals surface area contributed by atoms with Crippen LogP contribution in [0.4, 0.5) is 0 Å². The Morgan fingerprint density at radius 2 is 1.35 bits per heavy atom. The summed E-state index contributed by atoms with van der Waals surface area (Å²) in [6, 6.07) is 14.9. The van der Waals surface area contributed by atoms with E-state index >= 15 is 0 Å². The highest BCUT2D eigenvalue weighted by Crippen LogP contribution is 2.39. The quantitative estimate of drug-likeness (QED) is 0.0675. The van der Waals surface area contributed by atoms with Gasteiger partial charge in [0.25, 0.3) is 0 Å². The SMILES string of the molecule is [2H]CC(C)(C)C(=O)OC[C@H]1OC(Oc2n[nH]c(C(C)C)c2Cc2ccc(OCCCC(=O)OCc3ccccc3)cc2OC2CCOCC2)[C@H](OC(=O)C(C)(C)C[2H])[C@@H](OC(=O)C(C)(C)C[2H])[C@@H]1OC(=O)C(C)(C)C[2H]. The first-order chi connectivity index (χ1) is 35.9. The van der Waals surface area contributed by atoms with E-state index in [0.29, 0.717) is 60.8 Å². The van der Waals surface area contributed by atoms with Crippen molar-refractivity contribution >= 4 is 29.8 Å². The average molecular weight is 1010 g/mol. The first-order valence-corrected chi connectivity index (χ1v) is 24.4. The summed E-state index contributed by atoms with van der Waals surface area (Å²) in [5, 5.41) is 7.68. The van der Waals surface area contributed by atoms with Crippen LogP contribution in [-0.2, 0) is 70.2 Å². The molecule has 1 N–H and O–H groups in total. The molecule has 0 radical (unpaired) electrons. The van der Waals surface area contributed by atoms with E-state index in [1.807, 2.05) is 50.2 Å². The molecule has 17 heteroatoms. The van der Waals surface area contributed by atoms with Gasteiger partial charge in [-0.25, -0.2) is 0 Å². The summed E-state index contributed by atoms with van der Waals surface area (Å²) in [5.41, 5.74) is -2.78. The fourth-order valence-electron chi connectivity index (χ4n) is 7.19. The van der Waals surface area contributed by atoms with Crippen LogP contribution in [0.3, 0.4) is 0 Å². The Hall–Kier alpha value is -5.68. The van der Waals surface area contributed by atoms with E-state index in [2.05, 4.69) is 10.2 Å². The standard InChI is InChI=1S/C55H78N2O15/c1-33(2)42-38(29-35-22-23-37(30-39(35)67-36-24-27-63-28-25-36)64-26-18-21-41(58)65-31-34-19-16-15-17-20-34)46(57-56-42)72-47-45(71-51(62)55(12,13)14)44(70-50(61)54(9,10)11)43(69-49(60)53(6,7)8)40(68-47)32-66-48(59)52(3,4)5/h15-17,19-20,22-23,30,33,36,40,43-45,47H,18,21,24-29,31-32H2,1-14H3,(H,56,57)/t40-,43-,44+,45-,47?/m1/s1/i3D,6D,9D,12D. The van der Waals surface area contributed by atoms with Crippen LogP contribution < -0.4 is 14.2 Å². The van der Waals surface area contributed by atoms with Crippen LogP contribution in [-0.4, -0.2) is 103 Å². The summed E-state index contributed by atoms with van der Waals surface area (Å²) in [6.07, 6.45) is -6.66. The zero-order chi connectivity index (χ0) is 56.0. The van der Waals surface area contributed by atoms with Gasteiger partial charge in [0.1, 0.15) is 36.9 Å². The van der Waals surface area contributed by atoms with Crippen LogP contribution in [0, 0.1) is 21.7 Å². The van der Waals surface area contributed by atoms with Gasteiger partial charge >= 0.3 is 29.8 Å². The Bertz CT molecular complexity index is 2410. The average Bonchev–Trinajstić information content (AvgIpc) is 3.80. The molecule has 2 aliphatic heterocycles. The van der Waals surface area contributed by atoms with E-state index in [9.17, 15) is 24.0 Å². The highest BCUT2D eigenvalue weighted by Gasteiger charge is 2.56. The number of aromatic nitrogens is 2. The van der Waals surface area contributed by atoms with Crippen molar-refractivity contribution in [3.8, 4) is 17.4 Å². The molecule has 0 bridgehead atoms. The number of hydrogen-bond donors (Lipinski definition) is 1. The molecule has 0 amide bonds. The fraction of sp³-hybridized carbons (Fsp3) is 0.636. The number of carbonyl (C=O) groups excluding carboxylic acids is 5. The van der Waals surface area contributed by atoms with Crippen molar-refractivity contribution in [3.63, 3.8) is 0 Å². The molecule has 3 aromatic rings. The number of ether oxygens (including phenoxy) is 10. The molecule has 0 aliphatic carbocycles. The molecule has 72 heavy (non-hydrogen) atoms. The van der Waals surface area contributed by atoms with Crippen molar-refractivity contribution in [1.29, 1.82) is 0 Å². The van der Waals surface area contributed by atoms with Crippen molar-refractivity contribution in [2.75, 3.05) is 26.4 Å². The van der Waals surface area contributed by atoms with Gasteiger partial charge in [-0.15, -0.1) is 5.10 Å². The van der Waals surface area contributed by atoms with Gasteiger partial charge in [-0.05, 0) is 113 Å². The van der Waals surface area contributed by atoms with Crippen molar-refractivity contribution in [3.05, 3.63) is 70.9 Å². The molecule has 2 aromatic carbocycles. The number of aromatic amines is 1. The molecule has 3 heterocycles. The number of nitrogens with zero attached hydrogens (tertiary/aromatic N) is 1. The van der Waals surface area contributed by atoms with Gasteiger partial charge in [0.2, 0.25) is 18.3 Å². The van der Waals surface area contributed by atoms with Crippen molar-refractivity contribution in [2.24, 2.45) is 21.7 Å². The van der Waals surface area contributed by atoms with Gasteiger partial charge in [0.15, 0.2) is 12.2 Å². The molecule has 17 nitrogen and oxygen atoms in total. The highest BCUT2D eigenvalue weighted by molar-refractivity contribution is 5.78. The molecule has 2 saturated heterocycles. The molecule has 0 saturated carbocycles. The van der Waals surface area contributed by atoms with Crippen molar-refractivity contribution in [1.82, 2.24) is 10.2 Å². The lowest BCUT2D eigenvalue weighted by atomic mass is 9.93. The number of H-pyrrole nitrogens is 1. The van der Waals surface area contributed by atoms with E-state index < -0.39 is 104 Å². The topological polar surface area (TPSA) is 206 Å². The second-order valence-electron chi connectivity index (χ2n) is 21.5. The monoisotopic (exact) mass is 1010 g/mol. The molecule has 5 atom stereocenters. The smallest absolute Gasteiger partial charge is 0.311 e. The van der Waals surface area contributed by atoms with Crippen LogP contribution in [0.1, 0.15) is 156 Å². The molecule has 2 aliphatic rings. The maximum atomic E-state index is 14.1. The first kappa shape index (κ1) is 51.2. The number of benzene rings is 2. The zero-order valence-corrected chi connectivity index (χ0v) is 43.6. The third-order valence-corrected chi connectivity index (χ3v) is 11.5. The second kappa shape index (κ2) is 24.4. The van der Waals surface area contributed by atoms with Gasteiger partial charge in [-0.3, -0.25) is 29.1 Å². The summed E-state index contributed by atoms with van der Waals surface area (Å²) in [4.78, 5) is 68.1. The maximum Gasteiger partial charge on any atom is 0.311 e. The summed E-state index contributed by atoms with van der Waals surface area (Å²) in [5.74, 6) is -3.09. The Balaban J connectivity index is 1.56. The van der Waals surface area contributed by atoms with Crippen molar-refractivity contribution in [2.45, 2.75) is 178 Å². The number of esters is 5. The molecule has 5 rings (SSSR count). The van der Waals surface area contributed by atoms with Gasteiger partial charge in [0.05, 0.1) is 41.5 Å². The van der Waals surface area contributed by atoms with Gasteiger partial charge in [-0.2, -0.15) is 0 Å². The molecular weight excluding hydrogens is 929 g/mol. The van der Waals surface area contributed by atoms with Crippen LogP contribution in [0.15, 0.2) is 48.5 Å². The Morgan fingerprint density at radius 1 is 0.750 bits per heavy atom. The Morgan fingerprint density at radius 3 is 1.96 bits per heavy atom. The minimum Gasteiger partial charge on any atom is -0.493 e. The number of nitrogens with one attached hydrogen (secondary N) is 1. The lowest BCUT2D eigenvalue weighted by Crippen LogP contribution is -2.65. The Labute approximate surface area is 430 Å². The molecule has 2 fully saturated rings. The van der Waals surface area contributed by atoms with Gasteiger partial charge in [0, 0.05) is 48.5 Å². The number of rotatable bonds is 19. The summed E-state index contributed by atoms with van der Waals surface area (Å²) < 4.78 is 93.7. The molecule has 1 unspecified atom stereocenters. The number of carbonyl (C=O) groups is 5. The van der Waals surface area contributed by atoms with Crippen LogP contribution in [0.5, 0.6) is 17.4 Å². The second-order valence-corrected chi connectivity index (χ2v) is 21.5. The van der Waals surface area contributed by atoms with E-state index in [4.69, 9.17) is 52.9 Å². The largest absolute Gasteiger partial charge is 0.493 e. The molecule has 0 spiro atoms. The normalized spacial score (nSPS) is 20.7. The predicted molar refractivity (Wildman–Crippen MR) is 265 cm³/mol. The third-order valence-electron chi connectivity index (χ3n) is 11.5. The maximum absolute atomic E-state index is 14.1. The zero-order valence-electron chi connectivity index (χ0n) is 47.6. The van der Waals surface area contributed by atoms with Crippen LogP contribution in [0.2, 0.25) is 0 Å². The van der Waals surface area contributed by atoms with Gasteiger partial charge in [-0.1, -0.05) is 50.2 Å². The van der Waals surface area contributed by atoms with Crippen LogP contribution in [0.25, 0.3) is 0 Å². The lowest BCUT2D eigenvalue weighted by Gasteiger charge is -2.45. The number of hydrogen-bond acceptors (Lipinski definition) is 16. The lowest BCUT2D eigenvalue weighted by molar-refractivity contribution is -0.294. The fourth-order valence-corrected chi connectivity index (χ4v) is 7.19. The Kier molecular flexibility index (Phi) is 17.3. The first-order valence-electron chi connectivity index (χ1n) is 27.3. The van der Waals surface area contributed by atoms with Crippen molar-refractivity contribution < 1.29 is 76.8 Å². The van der Waals surface area contributed by atoms with Gasteiger partial charge < -0.3 is 47.4 Å². The van der Waals surface area contributed by atoms with Crippen LogP contribution >= 0.6 is 0 Å². The predicted octanol–water partition coefficient (Wildman–Crippen LogP) is 9.15. The molecule has 398 valence electrons. The minimum absolute atomic E-state index is 0.0283. The van der Waals surface area contributed by atoms with E-state index in [-0.39, 0.29) is 56.8 Å². The molecular formula is C55H78N2O15.